The number of carboxylic acid groups (broad SMARTS) is 1. The average molecular weight is 337 g/mol. The Kier molecular flexibility index (Phi) is 5.84. The highest BCUT2D eigenvalue weighted by Gasteiger charge is 2.24. The zero-order valence-corrected chi connectivity index (χ0v) is 13.1. The predicted octanol–water partition coefficient (Wildman–Crippen LogP) is 2.08. The van der Waals surface area contributed by atoms with Crippen molar-refractivity contribution in [1.29, 1.82) is 0 Å². The van der Waals surface area contributed by atoms with Gasteiger partial charge in [0.05, 0.1) is 23.1 Å². The summed E-state index contributed by atoms with van der Waals surface area (Å²) in [6.45, 7) is 3.51. The molecule has 0 heterocycles. The third kappa shape index (κ3) is 4.63. The molecule has 0 aromatic heterocycles. The van der Waals surface area contributed by atoms with E-state index in [4.69, 9.17) is 9.84 Å². The first kappa shape index (κ1) is 18.3. The van der Waals surface area contributed by atoms with Gasteiger partial charge in [0.25, 0.3) is 0 Å². The van der Waals surface area contributed by atoms with Crippen LogP contribution in [0.1, 0.15) is 24.2 Å². The molecule has 6 nitrogen and oxygen atoms in total. The fourth-order valence-corrected chi connectivity index (χ4v) is 3.31. The summed E-state index contributed by atoms with van der Waals surface area (Å²) in [6.07, 6.45) is -0.629. The van der Waals surface area contributed by atoms with Crippen molar-refractivity contribution < 1.29 is 31.8 Å². The lowest BCUT2D eigenvalue weighted by Gasteiger charge is -2.20. The largest absolute Gasteiger partial charge is 0.478 e. The van der Waals surface area contributed by atoms with E-state index in [1.54, 1.807) is 13.8 Å². The topological polar surface area (TPSA) is 92.7 Å². The van der Waals surface area contributed by atoms with Gasteiger partial charge >= 0.3 is 5.97 Å². The van der Waals surface area contributed by atoms with Crippen molar-refractivity contribution in [1.82, 2.24) is 0 Å². The van der Waals surface area contributed by atoms with Crippen molar-refractivity contribution in [2.75, 3.05) is 17.6 Å². The Morgan fingerprint density at radius 1 is 1.32 bits per heavy atom. The Hall–Kier alpha value is -1.74. The number of halogens is 2. The second-order valence-electron chi connectivity index (χ2n) is 5.02. The van der Waals surface area contributed by atoms with Crippen molar-refractivity contribution in [2.45, 2.75) is 20.0 Å². The molecule has 0 radical (unpaired) electrons. The van der Waals surface area contributed by atoms with Crippen molar-refractivity contribution in [3.63, 3.8) is 0 Å². The molecule has 124 valence electrons. The van der Waals surface area contributed by atoms with E-state index >= 15 is 0 Å². The molecule has 0 amide bonds. The zero-order valence-electron chi connectivity index (χ0n) is 12.3. The Morgan fingerprint density at radius 3 is 2.32 bits per heavy atom. The number of hydrogen-bond acceptors (Lipinski definition) is 4. The quantitative estimate of drug-likeness (QED) is 0.794. The van der Waals surface area contributed by atoms with Crippen LogP contribution in [0.2, 0.25) is 0 Å². The summed E-state index contributed by atoms with van der Waals surface area (Å²) in [5.41, 5.74) is -1.22. The monoisotopic (exact) mass is 337 g/mol. The van der Waals surface area contributed by atoms with Gasteiger partial charge in [-0.1, -0.05) is 13.8 Å². The lowest BCUT2D eigenvalue weighted by molar-refractivity contribution is 0.0697. The van der Waals surface area contributed by atoms with Gasteiger partial charge in [0.2, 0.25) is 10.0 Å². The second-order valence-corrected chi connectivity index (χ2v) is 6.79. The molecule has 1 aromatic carbocycles. The normalized spacial score (nSPS) is 13.2. The Bertz CT molecular complexity index is 661. The summed E-state index contributed by atoms with van der Waals surface area (Å²) in [5.74, 6) is -4.86. The molecule has 1 atom stereocenters. The minimum absolute atomic E-state index is 0.106. The fraction of sp³-hybridized carbons (Fsp3) is 0.462. The molecular weight excluding hydrogens is 320 g/mol. The number of anilines is 1. The predicted molar refractivity (Wildman–Crippen MR) is 76.4 cm³/mol. The van der Waals surface area contributed by atoms with E-state index in [9.17, 15) is 22.0 Å². The summed E-state index contributed by atoms with van der Waals surface area (Å²) < 4.78 is 57.4. The summed E-state index contributed by atoms with van der Waals surface area (Å²) in [4.78, 5) is 11.0. The smallest absolute Gasteiger partial charge is 0.337 e. The summed E-state index contributed by atoms with van der Waals surface area (Å²) in [6, 6.07) is 0.916. The first-order valence-electron chi connectivity index (χ1n) is 6.33. The van der Waals surface area contributed by atoms with E-state index in [0.29, 0.717) is 12.1 Å². The Labute approximate surface area is 127 Å². The molecule has 0 spiro atoms. The van der Waals surface area contributed by atoms with Crippen LogP contribution < -0.4 is 4.72 Å². The zero-order chi connectivity index (χ0) is 17.1. The highest BCUT2D eigenvalue weighted by atomic mass is 32.2. The molecular formula is C13H17F2NO5S. The molecule has 0 aliphatic heterocycles. The van der Waals surface area contributed by atoms with Crippen LogP contribution in [0.25, 0.3) is 0 Å². The Balaban J connectivity index is 3.12. The average Bonchev–Trinajstić information content (AvgIpc) is 2.39. The number of methoxy groups -OCH3 is 1. The van der Waals surface area contributed by atoms with Crippen molar-refractivity contribution in [3.05, 3.63) is 29.3 Å². The standard InChI is InChI=1S/C13H17F2NO5S/c1-7(2)12(21-3)6-22(19,20)16-11-5-10(15)9(14)4-8(11)13(17)18/h4-5,7,12,16H,6H2,1-3H3,(H,17,18). The number of carboxylic acids is 1. The maximum absolute atomic E-state index is 13.2. The van der Waals surface area contributed by atoms with Gasteiger partial charge in [-0.05, 0) is 12.0 Å². The number of sulfonamides is 1. The summed E-state index contributed by atoms with van der Waals surface area (Å²) in [5, 5.41) is 8.95. The van der Waals surface area contributed by atoms with Gasteiger partial charge in [0.15, 0.2) is 11.6 Å². The summed E-state index contributed by atoms with van der Waals surface area (Å²) in [7, 11) is -2.66. The number of ether oxygens (including phenoxy) is 1. The number of benzene rings is 1. The number of hydrogen-bond donors (Lipinski definition) is 2. The van der Waals surface area contributed by atoms with E-state index in [1.807, 2.05) is 4.72 Å². The van der Waals surface area contributed by atoms with E-state index in [2.05, 4.69) is 0 Å². The van der Waals surface area contributed by atoms with Crippen molar-refractivity contribution >= 4 is 21.7 Å². The molecule has 0 saturated heterocycles. The third-order valence-corrected chi connectivity index (χ3v) is 4.28. The van der Waals surface area contributed by atoms with E-state index in [-0.39, 0.29) is 5.92 Å². The van der Waals surface area contributed by atoms with Gasteiger partial charge in [-0.15, -0.1) is 0 Å². The van der Waals surface area contributed by atoms with Crippen LogP contribution in [0.5, 0.6) is 0 Å². The highest BCUT2D eigenvalue weighted by Crippen LogP contribution is 2.22. The van der Waals surface area contributed by atoms with Crippen LogP contribution >= 0.6 is 0 Å². The first-order chi connectivity index (χ1) is 10.1. The molecule has 1 unspecified atom stereocenters. The first-order valence-corrected chi connectivity index (χ1v) is 7.98. The molecule has 0 saturated carbocycles. The minimum Gasteiger partial charge on any atom is -0.478 e. The van der Waals surface area contributed by atoms with Crippen molar-refractivity contribution in [3.8, 4) is 0 Å². The van der Waals surface area contributed by atoms with Crippen LogP contribution in [0.3, 0.4) is 0 Å². The molecule has 0 aliphatic carbocycles. The van der Waals surface area contributed by atoms with Crippen LogP contribution in [-0.4, -0.2) is 38.5 Å². The fourth-order valence-electron chi connectivity index (χ4n) is 1.77. The molecule has 9 heteroatoms. The van der Waals surface area contributed by atoms with Gasteiger partial charge in [-0.3, -0.25) is 4.72 Å². The van der Waals surface area contributed by atoms with E-state index in [1.165, 1.54) is 7.11 Å². The molecule has 2 N–H and O–H groups in total. The maximum Gasteiger partial charge on any atom is 0.337 e. The van der Waals surface area contributed by atoms with Gasteiger partial charge in [0, 0.05) is 13.2 Å². The highest BCUT2D eigenvalue weighted by molar-refractivity contribution is 7.92. The Morgan fingerprint density at radius 2 is 1.86 bits per heavy atom. The lowest BCUT2D eigenvalue weighted by Crippen LogP contribution is -2.31. The minimum atomic E-state index is -4.00. The number of aromatic carboxylic acids is 1. The molecule has 22 heavy (non-hydrogen) atoms. The second kappa shape index (κ2) is 7.01. The number of carbonyl (C=O) groups is 1. The third-order valence-electron chi connectivity index (χ3n) is 2.99. The van der Waals surface area contributed by atoms with Gasteiger partial charge in [-0.25, -0.2) is 22.0 Å². The number of rotatable bonds is 7. The molecule has 0 aliphatic rings. The summed E-state index contributed by atoms with van der Waals surface area (Å²) >= 11 is 0. The maximum atomic E-state index is 13.2. The van der Waals surface area contributed by atoms with E-state index < -0.39 is 50.7 Å². The van der Waals surface area contributed by atoms with Crippen LogP contribution in [0.4, 0.5) is 14.5 Å². The van der Waals surface area contributed by atoms with E-state index in [0.717, 1.165) is 0 Å². The SMILES string of the molecule is COC(CS(=O)(=O)Nc1cc(F)c(F)cc1C(=O)O)C(C)C. The molecule has 1 rings (SSSR count). The van der Waals surface area contributed by atoms with Gasteiger partial charge in [-0.2, -0.15) is 0 Å². The van der Waals surface area contributed by atoms with Gasteiger partial charge in [0.1, 0.15) is 0 Å². The van der Waals surface area contributed by atoms with Gasteiger partial charge < -0.3 is 9.84 Å². The molecule has 1 aromatic rings. The van der Waals surface area contributed by atoms with Crippen molar-refractivity contribution in [2.24, 2.45) is 5.92 Å². The molecule has 0 bridgehead atoms. The number of nitrogens with one attached hydrogen (secondary N) is 1. The van der Waals surface area contributed by atoms with Crippen LogP contribution in [-0.2, 0) is 14.8 Å². The lowest BCUT2D eigenvalue weighted by atomic mass is 10.1. The van der Waals surface area contributed by atoms with Crippen LogP contribution in [0, 0.1) is 17.6 Å². The van der Waals surface area contributed by atoms with Crippen LogP contribution in [0.15, 0.2) is 12.1 Å². The molecule has 0 fully saturated rings.